The highest BCUT2D eigenvalue weighted by molar-refractivity contribution is 6.47. The lowest BCUT2D eigenvalue weighted by molar-refractivity contribution is -0.137. The Bertz CT molecular complexity index is 325. The van der Waals surface area contributed by atoms with E-state index in [1.54, 1.807) is 0 Å². The average Bonchev–Trinajstić information content (AvgIpc) is 2.15. The van der Waals surface area contributed by atoms with Gasteiger partial charge in [0.25, 0.3) is 0 Å². The number of halogens is 3. The Morgan fingerprint density at radius 3 is 2.43 bits per heavy atom. The molecule has 1 radical (unpaired) electrons. The van der Waals surface area contributed by atoms with Crippen molar-refractivity contribution in [1.29, 1.82) is 0 Å². The van der Waals surface area contributed by atoms with Gasteiger partial charge >= 0.3 is 13.7 Å². The summed E-state index contributed by atoms with van der Waals surface area (Å²) in [7, 11) is 1.89. The molecule has 2 nitrogen and oxygen atoms in total. The number of alkyl halides is 3. The molecule has 0 atom stereocenters. The van der Waals surface area contributed by atoms with E-state index in [1.165, 1.54) is 7.11 Å². The Hall–Kier alpha value is -1.17. The lowest BCUT2D eigenvalue weighted by Gasteiger charge is -2.10. The highest BCUT2D eigenvalue weighted by Crippen LogP contribution is 2.29. The quantitative estimate of drug-likeness (QED) is 0.725. The zero-order chi connectivity index (χ0) is 10.8. The minimum absolute atomic E-state index is 0.00215. The van der Waals surface area contributed by atoms with Crippen LogP contribution in [0.4, 0.5) is 13.2 Å². The molecule has 0 aliphatic carbocycles. The average molecular weight is 203 g/mol. The minimum Gasteiger partial charge on any atom is -0.497 e. The van der Waals surface area contributed by atoms with Crippen molar-refractivity contribution in [2.75, 3.05) is 7.11 Å². The van der Waals surface area contributed by atoms with Crippen LogP contribution in [-0.4, -0.2) is 19.6 Å². The lowest BCUT2D eigenvalue weighted by Crippen LogP contribution is -2.19. The smallest absolute Gasteiger partial charge is 0.416 e. The Labute approximate surface area is 79.6 Å². The third-order valence-corrected chi connectivity index (χ3v) is 1.70. The van der Waals surface area contributed by atoms with Crippen LogP contribution in [0.3, 0.4) is 0 Å². The summed E-state index contributed by atoms with van der Waals surface area (Å²) in [4.78, 5) is 0. The van der Waals surface area contributed by atoms with Crippen molar-refractivity contribution in [3.8, 4) is 5.75 Å². The van der Waals surface area contributed by atoms with Crippen LogP contribution in [0.5, 0.6) is 5.75 Å². The summed E-state index contributed by atoms with van der Waals surface area (Å²) in [5.74, 6) is 0.195. The maximum atomic E-state index is 12.2. The van der Waals surface area contributed by atoms with Gasteiger partial charge in [0.15, 0.2) is 0 Å². The number of methoxy groups -OCH3 is 1. The van der Waals surface area contributed by atoms with Crippen LogP contribution in [0.2, 0.25) is 0 Å². The minimum atomic E-state index is -4.41. The number of ether oxygens (including phenoxy) is 1. The molecule has 0 heterocycles. The van der Waals surface area contributed by atoms with Crippen LogP contribution in [0, 0.1) is 0 Å². The number of hydrogen-bond acceptors (Lipinski definition) is 2. The molecule has 1 aromatic carbocycles. The second-order valence-corrected chi connectivity index (χ2v) is 2.58. The molecule has 75 valence electrons. The fourth-order valence-electron chi connectivity index (χ4n) is 1.01. The van der Waals surface area contributed by atoms with E-state index in [9.17, 15) is 13.2 Å². The molecule has 6 heteroatoms. The van der Waals surface area contributed by atoms with E-state index in [1.807, 2.05) is 0 Å². The van der Waals surface area contributed by atoms with E-state index in [0.29, 0.717) is 7.48 Å². The predicted molar refractivity (Wildman–Crippen MR) is 45.6 cm³/mol. The molecular weight excluding hydrogens is 196 g/mol. The van der Waals surface area contributed by atoms with Gasteiger partial charge in [-0.1, -0.05) is 0 Å². The van der Waals surface area contributed by atoms with Crippen LogP contribution in [0.15, 0.2) is 18.2 Å². The number of hydrogen-bond donors (Lipinski definition) is 1. The number of rotatable bonds is 2. The van der Waals surface area contributed by atoms with E-state index in [0.717, 1.165) is 18.2 Å². The molecule has 0 aliphatic heterocycles. The second kappa shape index (κ2) is 3.92. The topological polar surface area (TPSA) is 29.5 Å². The lowest BCUT2D eigenvalue weighted by atomic mass is 9.86. The molecular formula is C8H7BF3O2. The van der Waals surface area contributed by atoms with Gasteiger partial charge in [-0.15, -0.1) is 0 Å². The fourth-order valence-corrected chi connectivity index (χ4v) is 1.01. The van der Waals surface area contributed by atoms with Gasteiger partial charge in [-0.3, -0.25) is 0 Å². The molecule has 0 unspecified atom stereocenters. The first-order valence-corrected chi connectivity index (χ1v) is 3.71. The van der Waals surface area contributed by atoms with Gasteiger partial charge in [0, 0.05) is 0 Å². The second-order valence-electron chi connectivity index (χ2n) is 2.58. The Morgan fingerprint density at radius 2 is 2.00 bits per heavy atom. The van der Waals surface area contributed by atoms with E-state index in [4.69, 9.17) is 9.76 Å². The maximum absolute atomic E-state index is 12.2. The zero-order valence-corrected chi connectivity index (χ0v) is 7.30. The van der Waals surface area contributed by atoms with E-state index in [2.05, 4.69) is 0 Å². The standard InChI is InChI=1S/C8H7BF3O2/c1-14-7-3-2-5(8(10,11)12)4-6(7)9-13/h2-4,13H,1H3. The third kappa shape index (κ3) is 2.20. The van der Waals surface area contributed by atoms with Crippen LogP contribution in [-0.2, 0) is 6.18 Å². The van der Waals surface area contributed by atoms with Crippen LogP contribution in [0.1, 0.15) is 5.56 Å². The third-order valence-electron chi connectivity index (χ3n) is 1.70. The van der Waals surface area contributed by atoms with Crippen molar-refractivity contribution in [3.63, 3.8) is 0 Å². The normalized spacial score (nSPS) is 11.2. The molecule has 0 spiro atoms. The Morgan fingerprint density at radius 1 is 1.36 bits per heavy atom. The molecule has 0 bridgehead atoms. The molecule has 1 N–H and O–H groups in total. The van der Waals surface area contributed by atoms with Crippen molar-refractivity contribution >= 4 is 12.9 Å². The van der Waals surface area contributed by atoms with Gasteiger partial charge in [0.1, 0.15) is 5.75 Å². The summed E-state index contributed by atoms with van der Waals surface area (Å²) < 4.78 is 41.4. The summed E-state index contributed by atoms with van der Waals surface area (Å²) in [6.07, 6.45) is -4.41. The Kier molecular flexibility index (Phi) is 3.05. The van der Waals surface area contributed by atoms with Gasteiger partial charge in [-0.05, 0) is 23.7 Å². The first-order valence-electron chi connectivity index (χ1n) is 3.71. The highest BCUT2D eigenvalue weighted by atomic mass is 19.4. The van der Waals surface area contributed by atoms with Gasteiger partial charge in [-0.2, -0.15) is 13.2 Å². The Balaban J connectivity index is 3.14. The van der Waals surface area contributed by atoms with Crippen molar-refractivity contribution < 1.29 is 22.9 Å². The number of benzene rings is 1. The van der Waals surface area contributed by atoms with Crippen molar-refractivity contribution in [2.45, 2.75) is 6.18 Å². The molecule has 0 amide bonds. The van der Waals surface area contributed by atoms with Crippen molar-refractivity contribution in [3.05, 3.63) is 23.8 Å². The van der Waals surface area contributed by atoms with E-state index >= 15 is 0 Å². The van der Waals surface area contributed by atoms with Crippen LogP contribution in [0.25, 0.3) is 0 Å². The molecule has 0 fully saturated rings. The summed E-state index contributed by atoms with van der Waals surface area (Å²) in [5, 5.41) is 8.67. The molecule has 0 saturated heterocycles. The molecule has 1 rings (SSSR count). The molecule has 1 aromatic rings. The summed E-state index contributed by atoms with van der Waals surface area (Å²) >= 11 is 0. The summed E-state index contributed by atoms with van der Waals surface area (Å²) in [6.45, 7) is 0. The van der Waals surface area contributed by atoms with E-state index < -0.39 is 11.7 Å². The van der Waals surface area contributed by atoms with E-state index in [-0.39, 0.29) is 11.2 Å². The fraction of sp³-hybridized carbons (Fsp3) is 0.250. The van der Waals surface area contributed by atoms with Crippen molar-refractivity contribution in [1.82, 2.24) is 0 Å². The molecule has 0 aromatic heterocycles. The predicted octanol–water partition coefficient (Wildman–Crippen LogP) is 0.951. The molecule has 0 saturated carbocycles. The summed E-state index contributed by atoms with van der Waals surface area (Å²) in [5.41, 5.74) is -0.819. The first-order chi connectivity index (χ1) is 6.49. The van der Waals surface area contributed by atoms with Crippen LogP contribution >= 0.6 is 0 Å². The molecule has 0 aliphatic rings. The first kappa shape index (κ1) is 10.9. The van der Waals surface area contributed by atoms with Gasteiger partial charge in [0.2, 0.25) is 0 Å². The van der Waals surface area contributed by atoms with Crippen LogP contribution < -0.4 is 10.2 Å². The monoisotopic (exact) mass is 203 g/mol. The van der Waals surface area contributed by atoms with Gasteiger partial charge in [-0.25, -0.2) is 0 Å². The summed E-state index contributed by atoms with van der Waals surface area (Å²) in [6, 6.07) is 2.87. The molecule has 14 heavy (non-hydrogen) atoms. The van der Waals surface area contributed by atoms with Gasteiger partial charge in [0.05, 0.1) is 12.7 Å². The van der Waals surface area contributed by atoms with Gasteiger partial charge < -0.3 is 9.76 Å². The highest BCUT2D eigenvalue weighted by Gasteiger charge is 2.31. The zero-order valence-electron chi connectivity index (χ0n) is 7.30. The maximum Gasteiger partial charge on any atom is 0.416 e. The SMILES string of the molecule is COc1ccc(C(F)(F)F)cc1[B]O. The largest absolute Gasteiger partial charge is 0.497 e. The van der Waals surface area contributed by atoms with Crippen molar-refractivity contribution in [2.24, 2.45) is 0 Å².